The van der Waals surface area contributed by atoms with Gasteiger partial charge in [-0.25, -0.2) is 17.3 Å². The lowest BCUT2D eigenvalue weighted by Gasteiger charge is -2.51. The number of amides is 5. The molecule has 63 nitrogen and oxygen atoms in total. The monoisotopic (exact) mass is 2010 g/mol. The predicted molar refractivity (Wildman–Crippen MR) is 406 cm³/mol. The minimum absolute atomic E-state index is 0.768. The van der Waals surface area contributed by atoms with E-state index < -0.39 is 415 Å². The molecule has 0 bridgehead atoms. The van der Waals surface area contributed by atoms with Crippen molar-refractivity contribution in [3.63, 3.8) is 0 Å². The molecule has 8 rings (SSSR count). The normalized spacial score (nSPS) is 41.3. The van der Waals surface area contributed by atoms with Crippen molar-refractivity contribution in [3.8, 4) is 0 Å². The largest absolute Gasteiger partial charge is 0.477 e. The molecule has 5 amide bonds. The molecule has 0 radical (unpaired) electrons. The molecule has 133 heavy (non-hydrogen) atoms. The Balaban J connectivity index is 1.08. The van der Waals surface area contributed by atoms with Gasteiger partial charge in [0.1, 0.15) is 207 Å². The summed E-state index contributed by atoms with van der Waals surface area (Å²) in [6.07, 6.45) is -94.8. The zero-order chi connectivity index (χ0) is 99.6. The summed E-state index contributed by atoms with van der Waals surface area (Å²) >= 11 is 0. The van der Waals surface area contributed by atoms with Gasteiger partial charge in [-0.2, -0.15) is 25.3 Å². The van der Waals surface area contributed by atoms with Gasteiger partial charge in [-0.3, -0.25) is 37.6 Å². The summed E-state index contributed by atoms with van der Waals surface area (Å²) in [7, 11) is -17.0. The number of ether oxygens (including phenoxy) is 16. The van der Waals surface area contributed by atoms with E-state index in [1.54, 1.807) is 0 Å². The van der Waals surface area contributed by atoms with Crippen molar-refractivity contribution >= 4 is 66.7 Å². The zero-order valence-corrected chi connectivity index (χ0v) is 72.6. The van der Waals surface area contributed by atoms with Gasteiger partial charge in [-0.05, 0) is 0 Å². The van der Waals surface area contributed by atoms with Crippen LogP contribution in [0.1, 0.15) is 41.0 Å². The molecule has 0 aromatic rings. The Morgan fingerprint density at radius 1 is 0.368 bits per heavy atom. The first-order valence-electron chi connectivity index (χ1n) is 40.1. The fourth-order valence-corrected chi connectivity index (χ4v) is 16.6. The lowest BCUT2D eigenvalue weighted by molar-refractivity contribution is -0.391. The van der Waals surface area contributed by atoms with E-state index >= 15 is 0 Å². The van der Waals surface area contributed by atoms with Gasteiger partial charge in [-0.15, -0.1) is 0 Å². The van der Waals surface area contributed by atoms with E-state index in [9.17, 15) is 190 Å². The number of rotatable bonds is 43. The van der Waals surface area contributed by atoms with E-state index in [2.05, 4.69) is 39.1 Å². The number of carbonyl (C=O) groups excluding carboxylic acids is 5. The number of aliphatic hydroxyl groups excluding tert-OH is 23. The van der Waals surface area contributed by atoms with Crippen LogP contribution in [0.4, 0.5) is 0 Å². The minimum atomic E-state index is -5.70. The highest BCUT2D eigenvalue weighted by Crippen LogP contribution is 2.43. The van der Waals surface area contributed by atoms with E-state index in [0.717, 1.165) is 34.6 Å². The fraction of sp³-hybridized carbons (Fsp3) is 0.910. The van der Waals surface area contributed by atoms with Gasteiger partial charge in [0.25, 0.3) is 5.79 Å². The highest BCUT2D eigenvalue weighted by molar-refractivity contribution is 7.81. The van der Waals surface area contributed by atoms with Crippen LogP contribution in [0.5, 0.6) is 0 Å². The highest BCUT2D eigenvalue weighted by atomic mass is 32.3. The molecule has 0 aromatic heterocycles. The van der Waals surface area contributed by atoms with Crippen LogP contribution in [0.2, 0.25) is 0 Å². The molecule has 772 valence electrons. The molecule has 32 N–H and O–H groups in total. The SMILES string of the molecule is CC(=O)N[C@H]1[C@H](O[C@H]2[C@@H](O)[C@@H](CO)O[C@@H](O[C@@H]([C@@H](O)[C@H](O)CO)[C@H](CO)NC(C)=O)[C@@H]2O)O[C@H](COS(=O)(=O)O)[C@@H](O[C@@H]2O[C@H](CO)[C@H](O)[C@H](O[C@@H]3O[C@H](COS(=O)(=O)O)[C@@H](O[C@@H]4O[C@H](CO)[C@H](O)[C@H](O[C@@H]5O[C@H](COS(=O)(=O)O)[C@@H](O[C@@H]6O[C@H](CO)[C@H](O)[C@H](O[C@]7(C(=O)O)C[C@H](O)[C@@H](NC(C)=O)[C@H]([C@H](O)[C@H](O)CO)O7)[C@H]6O)[C@H](O)[C@H]5NC(C)=O)[C@H]4O)[C@H](O)[C@H]3NC(C)=O)[C@H]2O)[C@@H]1O. The summed E-state index contributed by atoms with van der Waals surface area (Å²) < 4.78 is 210. The standard InChI is InChI=1S/C67H113N5O58S3/c1-17(80)68-22(7-73)50(37(88)24(86)8-74)122-62-46(97)55(39(90)26(10-76)115-62)126-59-34(70-19(3)82)43(94)51(30(119-59)14-112-131(103,104)105)123-63-47(98)56(40(91)27(11-77)116-63)127-60-35(71-20(4)83)44(95)52(31(120-60)15-113-132(106,107)108)124-64-48(99)57(41(92)28(12-78)117-64)128-61-36(72-21(5)84)45(96)53(32(121-61)16-114-133(109,110)111)125-65-49(100)58(42(93)29(13-79)118-65)130-67(66(101)102)6-23(85)33(69-18(2)81)54(129-67)38(89)25(87)9-75/h22-65,73-79,85-100H,6-16H2,1-5H3,(H,68,80)(H,69,81)(H,70,82)(H,71,83)(H,72,84)(H,101,102)(H,103,104,105)(H,106,107,108)(H,109,110,111)/t22-,23-,24+,25+,26+,27+,28+,29+,30+,31+,32+,33+,34+,35+,36+,37-,38+,39-,40-,41-,42-,43+,44+,45+,46+,47+,48+,49+,50+,51+,52+,53+,54+,55-,56-,57-,58-,59-,60-,61-,62-,63-,64-,65-,67-/m0/s1. The summed E-state index contributed by atoms with van der Waals surface area (Å²) in [4.78, 5) is 77.0. The minimum Gasteiger partial charge on any atom is -0.477 e. The van der Waals surface area contributed by atoms with Crippen molar-refractivity contribution in [1.82, 2.24) is 26.6 Å². The van der Waals surface area contributed by atoms with Crippen molar-refractivity contribution in [1.29, 1.82) is 0 Å². The topological polar surface area (TPSA) is 987 Å². The van der Waals surface area contributed by atoms with Gasteiger partial charge in [-0.1, -0.05) is 0 Å². The Morgan fingerprint density at radius 3 is 0.955 bits per heavy atom. The smallest absolute Gasteiger partial charge is 0.397 e. The summed E-state index contributed by atoms with van der Waals surface area (Å²) in [6, 6.07) is -10.3. The van der Waals surface area contributed by atoms with Crippen molar-refractivity contribution in [3.05, 3.63) is 0 Å². The number of hydrogen-bond acceptors (Lipinski definition) is 54. The molecule has 66 heteroatoms. The van der Waals surface area contributed by atoms with Gasteiger partial charge in [0.15, 0.2) is 44.0 Å². The average Bonchev–Trinajstić information content (AvgIpc) is 0.743. The molecule has 8 heterocycles. The maximum absolute atomic E-state index is 13.3. The van der Waals surface area contributed by atoms with E-state index in [1.807, 2.05) is 0 Å². The van der Waals surface area contributed by atoms with Crippen LogP contribution in [0.15, 0.2) is 0 Å². The lowest BCUT2D eigenvalue weighted by Crippen LogP contribution is -2.71. The molecule has 8 fully saturated rings. The van der Waals surface area contributed by atoms with E-state index in [-0.39, 0.29) is 0 Å². The van der Waals surface area contributed by atoms with Crippen LogP contribution in [-0.4, -0.2) is 538 Å². The number of carbonyl (C=O) groups is 6. The van der Waals surface area contributed by atoms with Crippen molar-refractivity contribution in [2.75, 3.05) is 66.1 Å². The third kappa shape index (κ3) is 28.4. The molecule has 8 aliphatic rings. The highest BCUT2D eigenvalue weighted by Gasteiger charge is 2.64. The molecule has 8 saturated heterocycles. The van der Waals surface area contributed by atoms with Gasteiger partial charge in [0, 0.05) is 41.0 Å². The van der Waals surface area contributed by atoms with Gasteiger partial charge in [0.2, 0.25) is 29.5 Å². The molecule has 45 atom stereocenters. The number of aliphatic carboxylic acids is 1. The fourth-order valence-electron chi connectivity index (χ4n) is 15.7. The molecule has 0 aliphatic carbocycles. The van der Waals surface area contributed by atoms with Crippen LogP contribution in [-0.2, 0) is 148 Å². The van der Waals surface area contributed by atoms with Crippen LogP contribution < -0.4 is 26.6 Å². The Labute approximate surface area is 751 Å². The van der Waals surface area contributed by atoms with E-state index in [1.165, 1.54) is 0 Å². The molecule has 0 saturated carbocycles. The zero-order valence-electron chi connectivity index (χ0n) is 70.1. The molecule has 0 unspecified atom stereocenters. The summed E-state index contributed by atoms with van der Waals surface area (Å²) in [5.74, 6) is -10.9. The number of aliphatic hydroxyl groups is 23. The lowest BCUT2D eigenvalue weighted by atomic mass is 9.88. The third-order valence-electron chi connectivity index (χ3n) is 22.0. The molecule has 0 spiro atoms. The van der Waals surface area contributed by atoms with Crippen molar-refractivity contribution < 1.29 is 279 Å². The molecular weight excluding hydrogens is 1900 g/mol. The van der Waals surface area contributed by atoms with Crippen LogP contribution in [0.3, 0.4) is 0 Å². The van der Waals surface area contributed by atoms with Crippen molar-refractivity contribution in [2.45, 2.75) is 316 Å². The average molecular weight is 2010 g/mol. The van der Waals surface area contributed by atoms with E-state index in [4.69, 9.17) is 75.8 Å². The molecule has 0 aromatic carbocycles. The first-order chi connectivity index (χ1) is 62.0. The van der Waals surface area contributed by atoms with Crippen LogP contribution in [0, 0.1) is 0 Å². The first-order valence-corrected chi connectivity index (χ1v) is 44.2. The van der Waals surface area contributed by atoms with Crippen LogP contribution in [0.25, 0.3) is 0 Å². The quantitative estimate of drug-likeness (QED) is 0.0252. The second-order valence-corrected chi connectivity index (χ2v) is 34.9. The maximum Gasteiger partial charge on any atom is 0.397 e. The number of carboxylic acids is 1. The number of carboxylic acid groups (broad SMARTS) is 1. The molecular formula is C67H113N5O58S3. The Morgan fingerprint density at radius 2 is 0.662 bits per heavy atom. The third-order valence-corrected chi connectivity index (χ3v) is 23.3. The van der Waals surface area contributed by atoms with E-state index in [0.29, 0.717) is 0 Å². The second kappa shape index (κ2) is 48.4. The van der Waals surface area contributed by atoms with Crippen molar-refractivity contribution in [2.24, 2.45) is 0 Å². The number of nitrogens with one attached hydrogen (secondary N) is 5. The predicted octanol–water partition coefficient (Wildman–Crippen LogP) is -21.6. The number of hydrogen-bond donors (Lipinski definition) is 32. The first kappa shape index (κ1) is 113. The van der Waals surface area contributed by atoms with Gasteiger partial charge >= 0.3 is 37.2 Å². The van der Waals surface area contributed by atoms with Gasteiger partial charge in [0.05, 0.1) is 84.3 Å². The Hall–Kier alpha value is -5.13. The summed E-state index contributed by atoms with van der Waals surface area (Å²) in [5, 5.41) is 280. The maximum atomic E-state index is 13.3. The summed E-state index contributed by atoms with van der Waals surface area (Å²) in [6.45, 7) is -9.31. The van der Waals surface area contributed by atoms with Gasteiger partial charge < -0.3 is 225 Å². The van der Waals surface area contributed by atoms with Crippen LogP contribution >= 0.6 is 0 Å². The Kier molecular flexibility index (Phi) is 41.1. The summed E-state index contributed by atoms with van der Waals surface area (Å²) in [5.41, 5.74) is 0. The second-order valence-electron chi connectivity index (χ2n) is 31.6. The molecule has 8 aliphatic heterocycles. The Bertz CT molecular complexity index is 4130.